The predicted octanol–water partition coefficient (Wildman–Crippen LogP) is 2.40. The number of hydrogen-bond acceptors (Lipinski definition) is 2. The third kappa shape index (κ3) is 5.55. The highest BCUT2D eigenvalue weighted by Gasteiger charge is 2.29. The van der Waals surface area contributed by atoms with Gasteiger partial charge in [0.1, 0.15) is 0 Å². The van der Waals surface area contributed by atoms with Crippen LogP contribution in [-0.2, 0) is 17.4 Å². The average Bonchev–Trinajstić information content (AvgIpc) is 2.89. The maximum absolute atomic E-state index is 12.4. The van der Waals surface area contributed by atoms with Crippen LogP contribution in [0.15, 0.2) is 24.3 Å². The van der Waals surface area contributed by atoms with Crippen molar-refractivity contribution in [1.29, 1.82) is 0 Å². The number of benzene rings is 1. The van der Waals surface area contributed by atoms with Crippen LogP contribution in [0, 0.1) is 5.92 Å². The van der Waals surface area contributed by atoms with E-state index < -0.39 is 11.7 Å². The quantitative estimate of drug-likeness (QED) is 0.893. The Morgan fingerprint density at radius 1 is 1.29 bits per heavy atom. The van der Waals surface area contributed by atoms with Crippen LogP contribution in [0.25, 0.3) is 0 Å². The zero-order valence-corrected chi connectivity index (χ0v) is 12.2. The summed E-state index contributed by atoms with van der Waals surface area (Å²) in [5.41, 5.74) is -0.112. The third-order valence-corrected chi connectivity index (χ3v) is 3.40. The highest BCUT2D eigenvalue weighted by atomic mass is 35.5. The standard InChI is InChI=1S/C14H17F3N2O.ClH/c15-14(16,17)12-3-1-10(2-4-12)7-13(20)19-9-11-5-6-18-8-11;/h1-4,11,18H,5-9H2,(H,19,20);1H. The number of halogens is 4. The van der Waals surface area contributed by atoms with E-state index in [1.165, 1.54) is 12.1 Å². The van der Waals surface area contributed by atoms with Gasteiger partial charge in [-0.1, -0.05) is 12.1 Å². The van der Waals surface area contributed by atoms with Gasteiger partial charge in [-0.25, -0.2) is 0 Å². The number of nitrogens with one attached hydrogen (secondary N) is 2. The van der Waals surface area contributed by atoms with Gasteiger partial charge in [-0.05, 0) is 43.1 Å². The van der Waals surface area contributed by atoms with Gasteiger partial charge in [0.05, 0.1) is 12.0 Å². The minimum Gasteiger partial charge on any atom is -0.355 e. The molecule has 7 heteroatoms. The average molecular weight is 323 g/mol. The highest BCUT2D eigenvalue weighted by Crippen LogP contribution is 2.29. The Bertz CT molecular complexity index is 456. The van der Waals surface area contributed by atoms with E-state index in [0.717, 1.165) is 31.6 Å². The molecule has 1 aliphatic rings. The van der Waals surface area contributed by atoms with Gasteiger partial charge in [-0.3, -0.25) is 4.79 Å². The molecule has 118 valence electrons. The number of hydrogen-bond donors (Lipinski definition) is 2. The molecule has 0 aromatic heterocycles. The van der Waals surface area contributed by atoms with Crippen molar-refractivity contribution in [3.05, 3.63) is 35.4 Å². The Labute approximate surface area is 127 Å². The zero-order valence-electron chi connectivity index (χ0n) is 11.4. The van der Waals surface area contributed by atoms with E-state index in [4.69, 9.17) is 0 Å². The van der Waals surface area contributed by atoms with E-state index in [-0.39, 0.29) is 24.7 Å². The third-order valence-electron chi connectivity index (χ3n) is 3.40. The molecular formula is C14H18ClF3N2O. The lowest BCUT2D eigenvalue weighted by molar-refractivity contribution is -0.137. The van der Waals surface area contributed by atoms with Gasteiger partial charge in [0, 0.05) is 6.54 Å². The smallest absolute Gasteiger partial charge is 0.355 e. The molecule has 0 spiro atoms. The molecule has 0 bridgehead atoms. The van der Waals surface area contributed by atoms with Gasteiger partial charge >= 0.3 is 6.18 Å². The highest BCUT2D eigenvalue weighted by molar-refractivity contribution is 5.85. The van der Waals surface area contributed by atoms with Crippen molar-refractivity contribution in [3.63, 3.8) is 0 Å². The number of carbonyl (C=O) groups is 1. The summed E-state index contributed by atoms with van der Waals surface area (Å²) in [5.74, 6) is 0.295. The summed E-state index contributed by atoms with van der Waals surface area (Å²) < 4.78 is 37.2. The fourth-order valence-electron chi connectivity index (χ4n) is 2.21. The molecule has 1 aliphatic heterocycles. The molecule has 0 aliphatic carbocycles. The van der Waals surface area contributed by atoms with Crippen LogP contribution in [0.1, 0.15) is 17.5 Å². The molecule has 1 fully saturated rings. The van der Waals surface area contributed by atoms with Gasteiger partial charge < -0.3 is 10.6 Å². The monoisotopic (exact) mass is 322 g/mol. The van der Waals surface area contributed by atoms with E-state index in [2.05, 4.69) is 10.6 Å². The maximum Gasteiger partial charge on any atom is 0.416 e. The predicted molar refractivity (Wildman–Crippen MR) is 76.4 cm³/mol. The largest absolute Gasteiger partial charge is 0.416 e. The van der Waals surface area contributed by atoms with Gasteiger partial charge in [0.25, 0.3) is 0 Å². The Morgan fingerprint density at radius 2 is 1.95 bits per heavy atom. The first kappa shape index (κ1) is 17.8. The normalized spacial score (nSPS) is 18.1. The second kappa shape index (κ2) is 7.66. The van der Waals surface area contributed by atoms with E-state index in [0.29, 0.717) is 18.0 Å². The number of rotatable bonds is 4. The van der Waals surface area contributed by atoms with E-state index >= 15 is 0 Å². The van der Waals surface area contributed by atoms with Crippen molar-refractivity contribution >= 4 is 18.3 Å². The summed E-state index contributed by atoms with van der Waals surface area (Å²) in [6.07, 6.45) is -3.19. The van der Waals surface area contributed by atoms with Crippen LogP contribution < -0.4 is 10.6 Å². The van der Waals surface area contributed by atoms with Crippen LogP contribution in [0.3, 0.4) is 0 Å². The second-order valence-corrected chi connectivity index (χ2v) is 5.03. The van der Waals surface area contributed by atoms with Crippen molar-refractivity contribution in [1.82, 2.24) is 10.6 Å². The molecule has 0 saturated carbocycles. The molecule has 1 unspecified atom stereocenters. The molecule has 2 N–H and O–H groups in total. The molecule has 3 nitrogen and oxygen atoms in total. The molecule has 1 saturated heterocycles. The molecule has 1 aromatic carbocycles. The summed E-state index contributed by atoms with van der Waals surface area (Å²) in [5, 5.41) is 6.03. The van der Waals surface area contributed by atoms with Crippen LogP contribution in [0.4, 0.5) is 13.2 Å². The lowest BCUT2D eigenvalue weighted by atomic mass is 10.1. The molecule has 1 heterocycles. The number of alkyl halides is 3. The summed E-state index contributed by atoms with van der Waals surface area (Å²) in [6, 6.07) is 4.70. The fraction of sp³-hybridized carbons (Fsp3) is 0.500. The van der Waals surface area contributed by atoms with Crippen LogP contribution in [0.2, 0.25) is 0 Å². The SMILES string of the molecule is Cl.O=C(Cc1ccc(C(F)(F)F)cc1)NCC1CCNC1. The lowest BCUT2D eigenvalue weighted by Gasteiger charge is -2.10. The van der Waals surface area contributed by atoms with Crippen molar-refractivity contribution in [2.75, 3.05) is 19.6 Å². The lowest BCUT2D eigenvalue weighted by Crippen LogP contribution is -2.31. The number of carbonyl (C=O) groups excluding carboxylic acids is 1. The molecule has 0 radical (unpaired) electrons. The van der Waals surface area contributed by atoms with Crippen molar-refractivity contribution in [2.45, 2.75) is 19.0 Å². The van der Waals surface area contributed by atoms with Crippen LogP contribution >= 0.6 is 12.4 Å². The van der Waals surface area contributed by atoms with Crippen LogP contribution in [0.5, 0.6) is 0 Å². The summed E-state index contributed by atoms with van der Waals surface area (Å²) in [7, 11) is 0. The molecular weight excluding hydrogens is 305 g/mol. The first-order chi connectivity index (χ1) is 9.45. The van der Waals surface area contributed by atoms with E-state index in [9.17, 15) is 18.0 Å². The Balaban J connectivity index is 0.00000220. The van der Waals surface area contributed by atoms with Crippen LogP contribution in [-0.4, -0.2) is 25.5 Å². The van der Waals surface area contributed by atoms with Crippen molar-refractivity contribution < 1.29 is 18.0 Å². The first-order valence-electron chi connectivity index (χ1n) is 6.58. The molecule has 21 heavy (non-hydrogen) atoms. The summed E-state index contributed by atoms with van der Waals surface area (Å²) in [6.45, 7) is 2.49. The van der Waals surface area contributed by atoms with E-state index in [1.807, 2.05) is 0 Å². The van der Waals surface area contributed by atoms with Crippen molar-refractivity contribution in [2.24, 2.45) is 5.92 Å². The second-order valence-electron chi connectivity index (χ2n) is 5.03. The van der Waals surface area contributed by atoms with Gasteiger partial charge in [0.15, 0.2) is 0 Å². The molecule has 2 rings (SSSR count). The Morgan fingerprint density at radius 3 is 2.48 bits per heavy atom. The minimum absolute atomic E-state index is 0. The van der Waals surface area contributed by atoms with Gasteiger partial charge in [0.2, 0.25) is 5.91 Å². The zero-order chi connectivity index (χ0) is 14.6. The molecule has 1 amide bonds. The summed E-state index contributed by atoms with van der Waals surface area (Å²) in [4.78, 5) is 11.7. The van der Waals surface area contributed by atoms with Gasteiger partial charge in [-0.15, -0.1) is 12.4 Å². The Kier molecular flexibility index (Phi) is 6.48. The topological polar surface area (TPSA) is 41.1 Å². The minimum atomic E-state index is -4.34. The fourth-order valence-corrected chi connectivity index (χ4v) is 2.21. The van der Waals surface area contributed by atoms with Gasteiger partial charge in [-0.2, -0.15) is 13.2 Å². The summed E-state index contributed by atoms with van der Waals surface area (Å²) >= 11 is 0. The van der Waals surface area contributed by atoms with Crippen molar-refractivity contribution in [3.8, 4) is 0 Å². The Hall–Kier alpha value is -1.27. The van der Waals surface area contributed by atoms with E-state index in [1.54, 1.807) is 0 Å². The maximum atomic E-state index is 12.4. The molecule has 1 aromatic rings. The number of amides is 1. The first-order valence-corrected chi connectivity index (χ1v) is 6.58. The molecule has 1 atom stereocenters.